The van der Waals surface area contributed by atoms with Crippen LogP contribution < -0.4 is 0 Å². The van der Waals surface area contributed by atoms with Crippen LogP contribution >= 0.6 is 0 Å². The van der Waals surface area contributed by atoms with E-state index < -0.39 is 11.8 Å². The van der Waals surface area contributed by atoms with Gasteiger partial charge in [0, 0.05) is 11.5 Å². The molecule has 80 valence electrons. The van der Waals surface area contributed by atoms with E-state index in [0.29, 0.717) is 0 Å². The Morgan fingerprint density at radius 2 is 1.87 bits per heavy atom. The molecule has 0 amide bonds. The van der Waals surface area contributed by atoms with Crippen molar-refractivity contribution in [3.63, 3.8) is 0 Å². The van der Waals surface area contributed by atoms with E-state index in [9.17, 15) is 14.0 Å². The lowest BCUT2D eigenvalue weighted by Gasteiger charge is -2.07. The Balaban J connectivity index is 3.29. The molecular formula is C11H11FO3. The summed E-state index contributed by atoms with van der Waals surface area (Å²) in [4.78, 5) is 22.4. The number of halogens is 1. The molecular weight excluding hydrogens is 199 g/mol. The summed E-state index contributed by atoms with van der Waals surface area (Å²) in [7, 11) is 0. The van der Waals surface area contributed by atoms with Gasteiger partial charge < -0.3 is 5.11 Å². The van der Waals surface area contributed by atoms with Gasteiger partial charge in [-0.3, -0.25) is 4.79 Å². The number of carbonyl (C=O) groups excluding carboxylic acids is 1. The summed E-state index contributed by atoms with van der Waals surface area (Å²) in [5, 5.41) is 8.80. The first-order chi connectivity index (χ1) is 6.93. The molecule has 0 aliphatic heterocycles. The fraction of sp³-hybridized carbons (Fsp3) is 0.273. The van der Waals surface area contributed by atoms with E-state index in [1.54, 1.807) is 13.8 Å². The highest BCUT2D eigenvalue weighted by Gasteiger charge is 2.19. The standard InChI is InChI=1S/C11H11FO3/c1-6(2)10(13)8-4-3-7(12)5-9(8)11(14)15/h3-6H,1-2H3,(H,14,15). The smallest absolute Gasteiger partial charge is 0.336 e. The van der Waals surface area contributed by atoms with Crippen molar-refractivity contribution < 1.29 is 19.1 Å². The van der Waals surface area contributed by atoms with Gasteiger partial charge in [-0.2, -0.15) is 0 Å². The predicted octanol–water partition coefficient (Wildman–Crippen LogP) is 2.36. The highest BCUT2D eigenvalue weighted by molar-refractivity contribution is 6.06. The molecule has 1 aromatic carbocycles. The van der Waals surface area contributed by atoms with E-state index in [0.717, 1.165) is 12.1 Å². The molecule has 15 heavy (non-hydrogen) atoms. The predicted molar refractivity (Wildman–Crippen MR) is 52.5 cm³/mol. The van der Waals surface area contributed by atoms with Crippen LogP contribution in [0.4, 0.5) is 4.39 Å². The summed E-state index contributed by atoms with van der Waals surface area (Å²) in [5.74, 6) is -2.56. The lowest BCUT2D eigenvalue weighted by atomic mass is 9.96. The van der Waals surface area contributed by atoms with Gasteiger partial charge in [0.2, 0.25) is 0 Å². The van der Waals surface area contributed by atoms with E-state index in [-0.39, 0.29) is 22.8 Å². The van der Waals surface area contributed by atoms with Gasteiger partial charge in [-0.05, 0) is 18.2 Å². The fourth-order valence-corrected chi connectivity index (χ4v) is 1.22. The van der Waals surface area contributed by atoms with E-state index in [4.69, 9.17) is 5.11 Å². The first-order valence-electron chi connectivity index (χ1n) is 4.50. The number of rotatable bonds is 3. The summed E-state index contributed by atoms with van der Waals surface area (Å²) < 4.78 is 12.8. The number of ketones is 1. The van der Waals surface area contributed by atoms with Crippen molar-refractivity contribution in [3.05, 3.63) is 35.1 Å². The van der Waals surface area contributed by atoms with Gasteiger partial charge in [-0.1, -0.05) is 13.8 Å². The SMILES string of the molecule is CC(C)C(=O)c1ccc(F)cc1C(=O)O. The summed E-state index contributed by atoms with van der Waals surface area (Å²) >= 11 is 0. The largest absolute Gasteiger partial charge is 0.478 e. The van der Waals surface area contributed by atoms with Crippen LogP contribution in [0.5, 0.6) is 0 Å². The van der Waals surface area contributed by atoms with Gasteiger partial charge in [-0.15, -0.1) is 0 Å². The minimum Gasteiger partial charge on any atom is -0.478 e. The minimum absolute atomic E-state index is 0.0545. The molecule has 0 aliphatic carbocycles. The maximum atomic E-state index is 12.8. The van der Waals surface area contributed by atoms with Crippen LogP contribution in [0.2, 0.25) is 0 Å². The van der Waals surface area contributed by atoms with Crippen LogP contribution in [0.25, 0.3) is 0 Å². The van der Waals surface area contributed by atoms with Gasteiger partial charge in [0.1, 0.15) is 5.82 Å². The van der Waals surface area contributed by atoms with Gasteiger partial charge >= 0.3 is 5.97 Å². The molecule has 0 heterocycles. The van der Waals surface area contributed by atoms with Crippen molar-refractivity contribution >= 4 is 11.8 Å². The highest BCUT2D eigenvalue weighted by atomic mass is 19.1. The third-order valence-corrected chi connectivity index (χ3v) is 2.00. The van der Waals surface area contributed by atoms with E-state index in [1.165, 1.54) is 6.07 Å². The maximum absolute atomic E-state index is 12.8. The summed E-state index contributed by atoms with van der Waals surface area (Å²) in [6, 6.07) is 3.15. The number of carboxylic acids is 1. The van der Waals surface area contributed by atoms with Gasteiger partial charge in [0.05, 0.1) is 5.56 Å². The van der Waals surface area contributed by atoms with Crippen molar-refractivity contribution in [2.45, 2.75) is 13.8 Å². The van der Waals surface area contributed by atoms with Crippen LogP contribution in [0.1, 0.15) is 34.6 Å². The number of carboxylic acid groups (broad SMARTS) is 1. The maximum Gasteiger partial charge on any atom is 0.336 e. The summed E-state index contributed by atoms with van der Waals surface area (Å²) in [5.41, 5.74) is -0.229. The average Bonchev–Trinajstić information content (AvgIpc) is 2.16. The molecule has 0 atom stereocenters. The van der Waals surface area contributed by atoms with Crippen LogP contribution in [-0.2, 0) is 0 Å². The van der Waals surface area contributed by atoms with Gasteiger partial charge in [0.25, 0.3) is 0 Å². The molecule has 0 aliphatic rings. The fourth-order valence-electron chi connectivity index (χ4n) is 1.22. The lowest BCUT2D eigenvalue weighted by Crippen LogP contribution is -2.13. The monoisotopic (exact) mass is 210 g/mol. The average molecular weight is 210 g/mol. The Kier molecular flexibility index (Phi) is 3.19. The molecule has 0 saturated heterocycles. The molecule has 4 heteroatoms. The zero-order valence-electron chi connectivity index (χ0n) is 8.45. The zero-order valence-corrected chi connectivity index (χ0v) is 8.45. The Morgan fingerprint density at radius 3 is 2.33 bits per heavy atom. The van der Waals surface area contributed by atoms with E-state index in [2.05, 4.69) is 0 Å². The quantitative estimate of drug-likeness (QED) is 0.779. The second-order valence-corrected chi connectivity index (χ2v) is 3.51. The second kappa shape index (κ2) is 4.21. The Labute approximate surface area is 86.5 Å². The van der Waals surface area contributed by atoms with Crippen molar-refractivity contribution in [1.29, 1.82) is 0 Å². The Hall–Kier alpha value is -1.71. The Morgan fingerprint density at radius 1 is 1.27 bits per heavy atom. The Bertz CT molecular complexity index is 410. The van der Waals surface area contributed by atoms with Crippen molar-refractivity contribution in [1.82, 2.24) is 0 Å². The van der Waals surface area contributed by atoms with Crippen molar-refractivity contribution in [2.75, 3.05) is 0 Å². The first kappa shape index (κ1) is 11.4. The van der Waals surface area contributed by atoms with E-state index >= 15 is 0 Å². The highest BCUT2D eigenvalue weighted by Crippen LogP contribution is 2.15. The molecule has 1 N–H and O–H groups in total. The number of carbonyl (C=O) groups is 2. The molecule has 0 bridgehead atoms. The van der Waals surface area contributed by atoms with Gasteiger partial charge in [0.15, 0.2) is 5.78 Å². The molecule has 0 spiro atoms. The number of hydrogen-bond donors (Lipinski definition) is 1. The van der Waals surface area contributed by atoms with Crippen LogP contribution in [0.15, 0.2) is 18.2 Å². The molecule has 0 fully saturated rings. The third kappa shape index (κ3) is 2.40. The molecule has 0 unspecified atom stereocenters. The van der Waals surface area contributed by atoms with Crippen LogP contribution in [-0.4, -0.2) is 16.9 Å². The number of aromatic carboxylic acids is 1. The van der Waals surface area contributed by atoms with Crippen molar-refractivity contribution in [3.8, 4) is 0 Å². The molecule has 3 nitrogen and oxygen atoms in total. The van der Waals surface area contributed by atoms with E-state index in [1.807, 2.05) is 0 Å². The van der Waals surface area contributed by atoms with Crippen LogP contribution in [0.3, 0.4) is 0 Å². The summed E-state index contributed by atoms with van der Waals surface area (Å²) in [6.45, 7) is 3.33. The molecule has 0 radical (unpaired) electrons. The zero-order chi connectivity index (χ0) is 11.6. The first-order valence-corrected chi connectivity index (χ1v) is 4.50. The second-order valence-electron chi connectivity index (χ2n) is 3.51. The normalized spacial score (nSPS) is 10.4. The number of hydrogen-bond acceptors (Lipinski definition) is 2. The molecule has 1 aromatic rings. The molecule has 0 saturated carbocycles. The molecule has 1 rings (SSSR count). The van der Waals surface area contributed by atoms with Gasteiger partial charge in [-0.25, -0.2) is 9.18 Å². The third-order valence-electron chi connectivity index (χ3n) is 2.00. The minimum atomic E-state index is -1.29. The topological polar surface area (TPSA) is 54.4 Å². The molecule has 0 aromatic heterocycles. The van der Waals surface area contributed by atoms with Crippen LogP contribution in [0, 0.1) is 11.7 Å². The number of benzene rings is 1. The number of Topliss-reactive ketones (excluding diaryl/α,β-unsaturated/α-hetero) is 1. The lowest BCUT2D eigenvalue weighted by molar-refractivity contribution is 0.0690. The summed E-state index contributed by atoms with van der Waals surface area (Å²) in [6.07, 6.45) is 0. The van der Waals surface area contributed by atoms with Crippen molar-refractivity contribution in [2.24, 2.45) is 5.92 Å².